The number of allylic oxidation sites excluding steroid dienone is 4. The summed E-state index contributed by atoms with van der Waals surface area (Å²) in [6.07, 6.45) is 14.1. The predicted molar refractivity (Wildman–Crippen MR) is 152 cm³/mol. The highest BCUT2D eigenvalue weighted by molar-refractivity contribution is 5.78. The van der Waals surface area contributed by atoms with Crippen molar-refractivity contribution in [2.24, 2.45) is 17.8 Å². The lowest BCUT2D eigenvalue weighted by Crippen LogP contribution is -2.58. The molecule has 3 fully saturated rings. The molecule has 7 nitrogen and oxygen atoms in total. The van der Waals surface area contributed by atoms with Gasteiger partial charge in [-0.25, -0.2) is 0 Å². The number of hydrogen-bond acceptors (Lipinski definition) is 7. The Hall–Kier alpha value is -1.77. The van der Waals surface area contributed by atoms with Crippen LogP contribution in [0.4, 0.5) is 0 Å². The molecular formula is C33H48O7. The minimum absolute atomic E-state index is 0.117. The van der Waals surface area contributed by atoms with E-state index in [0.29, 0.717) is 30.3 Å². The summed E-state index contributed by atoms with van der Waals surface area (Å²) in [6.45, 7) is 10.9. The average Bonchev–Trinajstić information content (AvgIpc) is 3.24. The van der Waals surface area contributed by atoms with Crippen molar-refractivity contribution in [2.75, 3.05) is 13.7 Å². The smallest absolute Gasteiger partial charge is 0.316 e. The number of ether oxygens (including phenoxy) is 5. The molecule has 7 heteroatoms. The minimum Gasteiger partial charge on any atom is -0.462 e. The van der Waals surface area contributed by atoms with E-state index in [9.17, 15) is 9.90 Å². The van der Waals surface area contributed by atoms with Crippen molar-refractivity contribution < 1.29 is 33.6 Å². The summed E-state index contributed by atoms with van der Waals surface area (Å²) >= 11 is 0. The van der Waals surface area contributed by atoms with E-state index in [1.54, 1.807) is 7.11 Å². The summed E-state index contributed by atoms with van der Waals surface area (Å²) in [5, 5.41) is 12.3. The third kappa shape index (κ3) is 5.65. The summed E-state index contributed by atoms with van der Waals surface area (Å²) in [5.74, 6) is -1.32. The highest BCUT2D eigenvalue weighted by Gasteiger charge is 2.60. The molecular weight excluding hydrogens is 508 g/mol. The fraction of sp³-hybridized carbons (Fsp3) is 0.727. The number of fused-ring (bicyclic) bond motifs is 2. The maximum atomic E-state index is 14.0. The molecule has 0 amide bonds. The van der Waals surface area contributed by atoms with Crippen LogP contribution < -0.4 is 0 Å². The van der Waals surface area contributed by atoms with Crippen molar-refractivity contribution in [1.82, 2.24) is 0 Å². The average molecular weight is 557 g/mol. The fourth-order valence-corrected chi connectivity index (χ4v) is 7.52. The Kier molecular flexibility index (Phi) is 8.80. The second-order valence-corrected chi connectivity index (χ2v) is 12.9. The molecule has 0 aromatic carbocycles. The third-order valence-corrected chi connectivity index (χ3v) is 9.72. The first-order valence-electron chi connectivity index (χ1n) is 15.2. The predicted octanol–water partition coefficient (Wildman–Crippen LogP) is 5.58. The van der Waals surface area contributed by atoms with Gasteiger partial charge in [0.15, 0.2) is 5.79 Å². The highest BCUT2D eigenvalue weighted by atomic mass is 16.7. The van der Waals surface area contributed by atoms with Gasteiger partial charge in [-0.3, -0.25) is 4.79 Å². The number of carbonyl (C=O) groups is 1. The fourth-order valence-electron chi connectivity index (χ4n) is 7.52. The zero-order chi connectivity index (χ0) is 28.7. The number of hydrogen-bond donors (Lipinski definition) is 1. The number of esters is 1. The number of rotatable bonds is 2. The molecule has 0 saturated carbocycles. The molecule has 1 N–H and O–H groups in total. The van der Waals surface area contributed by atoms with E-state index in [1.165, 1.54) is 5.57 Å². The van der Waals surface area contributed by atoms with E-state index in [4.69, 9.17) is 23.7 Å². The van der Waals surface area contributed by atoms with Crippen LogP contribution in [0.15, 0.2) is 47.1 Å². The Balaban J connectivity index is 1.52. The van der Waals surface area contributed by atoms with Crippen molar-refractivity contribution in [3.05, 3.63) is 47.1 Å². The lowest BCUT2D eigenvalue weighted by atomic mass is 9.70. The molecule has 222 valence electrons. The maximum absolute atomic E-state index is 14.0. The Bertz CT molecular complexity index is 1070. The van der Waals surface area contributed by atoms with Gasteiger partial charge in [-0.2, -0.15) is 0 Å². The molecule has 5 rings (SSSR count). The first-order chi connectivity index (χ1) is 19.1. The van der Waals surface area contributed by atoms with Crippen LogP contribution in [-0.4, -0.2) is 66.7 Å². The molecule has 10 atom stereocenters. The zero-order valence-corrected chi connectivity index (χ0v) is 25.1. The molecule has 0 aromatic heterocycles. The Labute approximate surface area is 239 Å². The van der Waals surface area contributed by atoms with Crippen molar-refractivity contribution in [3.8, 4) is 0 Å². The second-order valence-electron chi connectivity index (χ2n) is 12.9. The monoisotopic (exact) mass is 556 g/mol. The van der Waals surface area contributed by atoms with Gasteiger partial charge in [0.2, 0.25) is 0 Å². The van der Waals surface area contributed by atoms with Crippen molar-refractivity contribution >= 4 is 5.97 Å². The molecule has 3 unspecified atom stereocenters. The molecule has 3 saturated heterocycles. The van der Waals surface area contributed by atoms with Crippen LogP contribution in [0.2, 0.25) is 0 Å². The summed E-state index contributed by atoms with van der Waals surface area (Å²) in [4.78, 5) is 14.0. The highest BCUT2D eigenvalue weighted by Crippen LogP contribution is 2.48. The van der Waals surface area contributed by atoms with E-state index in [1.807, 2.05) is 25.2 Å². The van der Waals surface area contributed by atoms with Gasteiger partial charge >= 0.3 is 5.97 Å². The van der Waals surface area contributed by atoms with Crippen LogP contribution in [0.1, 0.15) is 79.6 Å². The van der Waals surface area contributed by atoms with Gasteiger partial charge in [0.05, 0.1) is 18.8 Å². The van der Waals surface area contributed by atoms with Crippen LogP contribution in [-0.2, 0) is 28.5 Å². The Morgan fingerprint density at radius 3 is 2.73 bits per heavy atom. The van der Waals surface area contributed by atoms with Gasteiger partial charge in [0.25, 0.3) is 0 Å². The van der Waals surface area contributed by atoms with E-state index < -0.39 is 35.5 Å². The standard InChI is InChI=1S/C33H48O7/c1-7-28-22(4)13-14-32(40-28)18-26-17-25(39-32)12-11-21(3)15-20(2)9-8-10-24-19-37-30-29(36-6)23(5)16-27(31(34)38-26)33(24,30)35/h8-11,16,20,22,25-30,35H,7,12-15,17-19H2,1-6H3/b9-8+,21-11+,24-10-/t20?,22-,25-,26-,27-,28+,29?,30?,32+,33-/m0/s1. The molecule has 0 radical (unpaired) electrons. The summed E-state index contributed by atoms with van der Waals surface area (Å²) < 4.78 is 31.5. The normalized spacial score (nSPS) is 47.8. The van der Waals surface area contributed by atoms with E-state index in [2.05, 4.69) is 39.8 Å². The molecule has 1 aliphatic carbocycles. The van der Waals surface area contributed by atoms with E-state index >= 15 is 0 Å². The van der Waals surface area contributed by atoms with Gasteiger partial charge in [0.1, 0.15) is 29.8 Å². The maximum Gasteiger partial charge on any atom is 0.316 e. The summed E-state index contributed by atoms with van der Waals surface area (Å²) in [7, 11) is 1.61. The second kappa shape index (κ2) is 11.8. The van der Waals surface area contributed by atoms with Crippen LogP contribution >= 0.6 is 0 Å². The van der Waals surface area contributed by atoms with Crippen molar-refractivity contribution in [1.29, 1.82) is 0 Å². The van der Waals surface area contributed by atoms with Gasteiger partial charge in [-0.15, -0.1) is 0 Å². The van der Waals surface area contributed by atoms with Crippen molar-refractivity contribution in [2.45, 2.75) is 121 Å². The quantitative estimate of drug-likeness (QED) is 0.351. The van der Waals surface area contributed by atoms with Crippen LogP contribution in [0.25, 0.3) is 0 Å². The topological polar surface area (TPSA) is 83.5 Å². The minimum atomic E-state index is -1.55. The first kappa shape index (κ1) is 29.7. The Morgan fingerprint density at radius 1 is 1.18 bits per heavy atom. The van der Waals surface area contributed by atoms with Gasteiger partial charge in [-0.1, -0.05) is 56.7 Å². The van der Waals surface area contributed by atoms with Gasteiger partial charge in [0, 0.05) is 26.4 Å². The number of methoxy groups -OCH3 is 1. The van der Waals surface area contributed by atoms with Crippen LogP contribution in [0.5, 0.6) is 0 Å². The SMILES string of the molecule is CC[C@H]1O[C@]2(CC[C@@H]1C)C[C@@H]1C[C@H](C/C=C(\C)CC(C)/C=C/C=C3/COC4C(OC)C(C)=C[C@@H](C(=O)O1)[C@@]34O)O2. The molecule has 2 bridgehead atoms. The molecule has 4 aliphatic heterocycles. The summed E-state index contributed by atoms with van der Waals surface area (Å²) in [5.41, 5.74) is 1.28. The van der Waals surface area contributed by atoms with Crippen LogP contribution in [0.3, 0.4) is 0 Å². The first-order valence-corrected chi connectivity index (χ1v) is 15.2. The molecule has 0 aromatic rings. The molecule has 5 aliphatic rings. The number of aliphatic hydroxyl groups is 1. The number of carbonyl (C=O) groups excluding carboxylic acids is 1. The van der Waals surface area contributed by atoms with Crippen LogP contribution in [0, 0.1) is 17.8 Å². The van der Waals surface area contributed by atoms with E-state index in [-0.39, 0.29) is 24.9 Å². The molecule has 40 heavy (non-hydrogen) atoms. The Morgan fingerprint density at radius 2 is 1.98 bits per heavy atom. The van der Waals surface area contributed by atoms with Gasteiger partial charge < -0.3 is 28.8 Å². The zero-order valence-electron chi connectivity index (χ0n) is 25.1. The molecule has 1 spiro atoms. The van der Waals surface area contributed by atoms with Gasteiger partial charge in [-0.05, 0) is 62.5 Å². The summed E-state index contributed by atoms with van der Waals surface area (Å²) in [6, 6.07) is 0. The lowest BCUT2D eigenvalue weighted by molar-refractivity contribution is -0.335. The largest absolute Gasteiger partial charge is 0.462 e. The van der Waals surface area contributed by atoms with E-state index in [0.717, 1.165) is 37.7 Å². The lowest BCUT2D eigenvalue weighted by Gasteiger charge is -2.50. The van der Waals surface area contributed by atoms with Crippen molar-refractivity contribution in [3.63, 3.8) is 0 Å². The molecule has 4 heterocycles. The third-order valence-electron chi connectivity index (χ3n) is 9.72.